The Labute approximate surface area is 119 Å². The van der Waals surface area contributed by atoms with Crippen molar-refractivity contribution in [3.05, 3.63) is 22.3 Å². The molecular weight excluding hydrogens is 288 g/mol. The highest BCUT2D eigenvalue weighted by molar-refractivity contribution is 9.10. The van der Waals surface area contributed by atoms with Crippen molar-refractivity contribution in [3.63, 3.8) is 0 Å². The van der Waals surface area contributed by atoms with Gasteiger partial charge < -0.3 is 4.90 Å². The predicted octanol–water partition coefficient (Wildman–Crippen LogP) is 4.56. The first-order valence-corrected chi connectivity index (χ1v) is 7.77. The fourth-order valence-electron chi connectivity index (χ4n) is 2.85. The van der Waals surface area contributed by atoms with Gasteiger partial charge >= 0.3 is 0 Å². The highest BCUT2D eigenvalue weighted by Gasteiger charge is 2.23. The lowest BCUT2D eigenvalue weighted by atomic mass is 9.84. The van der Waals surface area contributed by atoms with Crippen LogP contribution in [0, 0.1) is 12.8 Å². The van der Waals surface area contributed by atoms with Crippen LogP contribution >= 0.6 is 15.9 Å². The fraction of sp³-hybridized carbons (Fsp3) is 0.667. The molecule has 1 aromatic heterocycles. The third-order valence-electron chi connectivity index (χ3n) is 4.31. The molecule has 1 aliphatic carbocycles. The minimum Gasteiger partial charge on any atom is -0.357 e. The van der Waals surface area contributed by atoms with E-state index in [1.165, 1.54) is 32.1 Å². The quantitative estimate of drug-likeness (QED) is 0.813. The summed E-state index contributed by atoms with van der Waals surface area (Å²) in [4.78, 5) is 7.03. The van der Waals surface area contributed by atoms with Crippen molar-refractivity contribution in [3.8, 4) is 0 Å². The summed E-state index contributed by atoms with van der Waals surface area (Å²) in [6.07, 6.45) is 6.71. The molecule has 1 aromatic rings. The molecule has 0 saturated heterocycles. The number of hydrogen-bond donors (Lipinski definition) is 0. The second-order valence-corrected chi connectivity index (χ2v) is 6.28. The van der Waals surface area contributed by atoms with Gasteiger partial charge in [0.25, 0.3) is 0 Å². The lowest BCUT2D eigenvalue weighted by molar-refractivity contribution is 0.313. The number of aromatic nitrogens is 1. The maximum absolute atomic E-state index is 4.67. The van der Waals surface area contributed by atoms with E-state index in [0.717, 1.165) is 21.9 Å². The lowest BCUT2D eigenvalue weighted by Gasteiger charge is -2.35. The third-order valence-corrected chi connectivity index (χ3v) is 5.15. The van der Waals surface area contributed by atoms with Crippen LogP contribution < -0.4 is 4.90 Å². The molecule has 2 nitrogen and oxygen atoms in total. The Kier molecular flexibility index (Phi) is 4.66. The summed E-state index contributed by atoms with van der Waals surface area (Å²) in [6.45, 7) is 4.36. The van der Waals surface area contributed by atoms with Crippen LogP contribution in [0.25, 0.3) is 0 Å². The molecule has 1 heterocycles. The molecule has 0 N–H and O–H groups in total. The van der Waals surface area contributed by atoms with Crippen molar-refractivity contribution in [1.82, 2.24) is 4.98 Å². The van der Waals surface area contributed by atoms with Crippen molar-refractivity contribution in [1.29, 1.82) is 0 Å². The van der Waals surface area contributed by atoms with Crippen LogP contribution in [0.4, 0.5) is 5.82 Å². The first-order chi connectivity index (χ1) is 8.61. The topological polar surface area (TPSA) is 16.1 Å². The summed E-state index contributed by atoms with van der Waals surface area (Å²) in [5.41, 5.74) is 1.07. The summed E-state index contributed by atoms with van der Waals surface area (Å²) in [7, 11) is 2.19. The van der Waals surface area contributed by atoms with Crippen molar-refractivity contribution in [2.75, 3.05) is 11.9 Å². The van der Waals surface area contributed by atoms with E-state index in [-0.39, 0.29) is 0 Å². The van der Waals surface area contributed by atoms with E-state index in [2.05, 4.69) is 58.8 Å². The van der Waals surface area contributed by atoms with Gasteiger partial charge in [0.05, 0.1) is 5.69 Å². The minimum absolute atomic E-state index is 0.667. The van der Waals surface area contributed by atoms with E-state index >= 15 is 0 Å². The van der Waals surface area contributed by atoms with Gasteiger partial charge in [-0.05, 0) is 66.6 Å². The molecule has 2 rings (SSSR count). The average molecular weight is 311 g/mol. The van der Waals surface area contributed by atoms with Crippen molar-refractivity contribution >= 4 is 21.7 Å². The lowest BCUT2D eigenvalue weighted by Crippen LogP contribution is -2.35. The number of nitrogens with zero attached hydrogens (tertiary/aromatic N) is 2. The third kappa shape index (κ3) is 3.05. The maximum atomic E-state index is 4.67. The summed E-state index contributed by atoms with van der Waals surface area (Å²) < 4.78 is 1.09. The van der Waals surface area contributed by atoms with E-state index in [4.69, 9.17) is 0 Å². The molecule has 18 heavy (non-hydrogen) atoms. The Morgan fingerprint density at radius 2 is 1.94 bits per heavy atom. The second kappa shape index (κ2) is 6.05. The molecule has 0 unspecified atom stereocenters. The van der Waals surface area contributed by atoms with Crippen molar-refractivity contribution < 1.29 is 0 Å². The number of aryl methyl sites for hydroxylation is 1. The number of hydrogen-bond acceptors (Lipinski definition) is 2. The zero-order valence-corrected chi connectivity index (χ0v) is 13.2. The Bertz CT molecular complexity index is 397. The van der Waals surface area contributed by atoms with Gasteiger partial charge in [-0.25, -0.2) is 4.98 Å². The highest BCUT2D eigenvalue weighted by Crippen LogP contribution is 2.31. The number of anilines is 1. The van der Waals surface area contributed by atoms with Crippen LogP contribution in [0.15, 0.2) is 16.6 Å². The normalized spacial score (nSPS) is 24.0. The molecule has 0 aliphatic heterocycles. The molecule has 100 valence electrons. The molecular formula is C15H23BrN2. The monoisotopic (exact) mass is 310 g/mol. The first-order valence-electron chi connectivity index (χ1n) is 6.97. The fourth-order valence-corrected chi connectivity index (χ4v) is 3.08. The Hall–Kier alpha value is -0.570. The number of pyridine rings is 1. The average Bonchev–Trinajstić information content (AvgIpc) is 2.41. The summed E-state index contributed by atoms with van der Waals surface area (Å²) in [5, 5.41) is 0. The molecule has 1 fully saturated rings. The SMILES string of the molecule is CCC1CCC(N(C)c2ccc(Br)c(C)n2)CC1. The van der Waals surface area contributed by atoms with Gasteiger partial charge in [0, 0.05) is 17.6 Å². The van der Waals surface area contributed by atoms with Gasteiger partial charge in [-0.3, -0.25) is 0 Å². The van der Waals surface area contributed by atoms with Crippen LogP contribution in [-0.4, -0.2) is 18.1 Å². The summed E-state index contributed by atoms with van der Waals surface area (Å²) in [5.74, 6) is 2.06. The second-order valence-electron chi connectivity index (χ2n) is 5.43. The van der Waals surface area contributed by atoms with Gasteiger partial charge in [-0.2, -0.15) is 0 Å². The maximum Gasteiger partial charge on any atom is 0.128 e. The molecule has 0 amide bonds. The van der Waals surface area contributed by atoms with Crippen LogP contribution in [0.2, 0.25) is 0 Å². The van der Waals surface area contributed by atoms with Crippen LogP contribution in [0.3, 0.4) is 0 Å². The molecule has 3 heteroatoms. The number of halogens is 1. The standard InChI is InChI=1S/C15H23BrN2/c1-4-12-5-7-13(8-6-12)18(3)15-10-9-14(16)11(2)17-15/h9-10,12-13H,4-8H2,1-3H3. The molecule has 0 bridgehead atoms. The van der Waals surface area contributed by atoms with Crippen molar-refractivity contribution in [2.45, 2.75) is 52.0 Å². The summed E-state index contributed by atoms with van der Waals surface area (Å²) >= 11 is 3.51. The Morgan fingerprint density at radius 1 is 1.28 bits per heavy atom. The molecule has 1 saturated carbocycles. The molecule has 0 aromatic carbocycles. The van der Waals surface area contributed by atoms with Crippen LogP contribution in [0.1, 0.15) is 44.7 Å². The van der Waals surface area contributed by atoms with Gasteiger partial charge in [0.1, 0.15) is 5.82 Å². The largest absolute Gasteiger partial charge is 0.357 e. The predicted molar refractivity (Wildman–Crippen MR) is 81.1 cm³/mol. The van der Waals surface area contributed by atoms with E-state index in [1.54, 1.807) is 0 Å². The zero-order chi connectivity index (χ0) is 13.1. The van der Waals surface area contributed by atoms with Gasteiger partial charge in [0.15, 0.2) is 0 Å². The minimum atomic E-state index is 0.667. The van der Waals surface area contributed by atoms with E-state index in [9.17, 15) is 0 Å². The molecule has 0 spiro atoms. The van der Waals surface area contributed by atoms with Gasteiger partial charge in [-0.15, -0.1) is 0 Å². The number of rotatable bonds is 3. The first kappa shape index (κ1) is 13.9. The van der Waals surface area contributed by atoms with Crippen LogP contribution in [0.5, 0.6) is 0 Å². The van der Waals surface area contributed by atoms with E-state index in [0.29, 0.717) is 6.04 Å². The smallest absolute Gasteiger partial charge is 0.128 e. The summed E-state index contributed by atoms with van der Waals surface area (Å²) in [6, 6.07) is 4.88. The van der Waals surface area contributed by atoms with Crippen LogP contribution in [-0.2, 0) is 0 Å². The van der Waals surface area contributed by atoms with Gasteiger partial charge in [-0.1, -0.05) is 13.3 Å². The highest BCUT2D eigenvalue weighted by atomic mass is 79.9. The Balaban J connectivity index is 2.03. The van der Waals surface area contributed by atoms with E-state index in [1.807, 2.05) is 0 Å². The zero-order valence-electron chi connectivity index (χ0n) is 11.6. The van der Waals surface area contributed by atoms with E-state index < -0.39 is 0 Å². The molecule has 0 radical (unpaired) electrons. The van der Waals surface area contributed by atoms with Crippen molar-refractivity contribution in [2.24, 2.45) is 5.92 Å². The Morgan fingerprint density at radius 3 is 2.50 bits per heavy atom. The molecule has 1 aliphatic rings. The van der Waals surface area contributed by atoms with Gasteiger partial charge in [0.2, 0.25) is 0 Å². The molecule has 0 atom stereocenters.